The third-order valence-corrected chi connectivity index (χ3v) is 6.05. The number of para-hydroxylation sites is 2. The van der Waals surface area contributed by atoms with Crippen LogP contribution in [0.2, 0.25) is 0 Å². The molecule has 0 N–H and O–H groups in total. The Bertz CT molecular complexity index is 1500. The van der Waals surface area contributed by atoms with Crippen LogP contribution in [-0.4, -0.2) is 21.6 Å². The Hall–Kier alpha value is -3.91. The van der Waals surface area contributed by atoms with Gasteiger partial charge in [0.05, 0.1) is 29.4 Å². The van der Waals surface area contributed by atoms with Gasteiger partial charge in [-0.05, 0) is 48.5 Å². The zero-order chi connectivity index (χ0) is 22.8. The molecule has 8 heteroatoms. The standard InChI is InChI=1S/C25H18FN3O3S/c1-31-18-12-10-16(11-13-18)23-27-17(14-32-23)15-33-25-28-21-8-4-2-6-19(21)24(30)29(25)22-9-5-3-7-20(22)26/h2-14H,15H2,1H3. The van der Waals surface area contributed by atoms with Crippen molar-refractivity contribution in [3.05, 3.63) is 101 Å². The molecule has 5 aromatic rings. The van der Waals surface area contributed by atoms with E-state index in [4.69, 9.17) is 9.15 Å². The normalized spacial score (nSPS) is 11.1. The van der Waals surface area contributed by atoms with E-state index in [0.717, 1.165) is 11.3 Å². The fraction of sp³-hybridized carbons (Fsp3) is 0.0800. The van der Waals surface area contributed by atoms with Crippen molar-refractivity contribution in [1.29, 1.82) is 0 Å². The van der Waals surface area contributed by atoms with Crippen LogP contribution < -0.4 is 10.3 Å². The lowest BCUT2D eigenvalue weighted by atomic mass is 10.2. The third kappa shape index (κ3) is 4.12. The van der Waals surface area contributed by atoms with Gasteiger partial charge in [-0.2, -0.15) is 0 Å². The van der Waals surface area contributed by atoms with Crippen molar-refractivity contribution in [3.8, 4) is 22.9 Å². The van der Waals surface area contributed by atoms with E-state index in [0.29, 0.717) is 33.4 Å². The van der Waals surface area contributed by atoms with Gasteiger partial charge in [0.15, 0.2) is 5.16 Å². The van der Waals surface area contributed by atoms with E-state index in [9.17, 15) is 9.18 Å². The average molecular weight is 460 g/mol. The van der Waals surface area contributed by atoms with E-state index in [1.54, 1.807) is 49.8 Å². The second-order valence-corrected chi connectivity index (χ2v) is 8.11. The predicted octanol–water partition coefficient (Wildman–Crippen LogP) is 5.48. The van der Waals surface area contributed by atoms with Crippen LogP contribution in [0.4, 0.5) is 4.39 Å². The van der Waals surface area contributed by atoms with E-state index < -0.39 is 5.82 Å². The lowest BCUT2D eigenvalue weighted by Crippen LogP contribution is -2.22. The van der Waals surface area contributed by atoms with Crippen LogP contribution in [0.25, 0.3) is 28.0 Å². The number of thioether (sulfide) groups is 1. The molecule has 2 heterocycles. The molecule has 0 spiro atoms. The van der Waals surface area contributed by atoms with Crippen LogP contribution in [-0.2, 0) is 5.75 Å². The number of methoxy groups -OCH3 is 1. The van der Waals surface area contributed by atoms with Crippen molar-refractivity contribution >= 4 is 22.7 Å². The van der Waals surface area contributed by atoms with Crippen molar-refractivity contribution in [2.75, 3.05) is 7.11 Å². The molecule has 2 aromatic heterocycles. The second-order valence-electron chi connectivity index (χ2n) is 7.16. The second kappa shape index (κ2) is 8.91. The molecule has 0 saturated heterocycles. The Labute approximate surface area is 192 Å². The van der Waals surface area contributed by atoms with Gasteiger partial charge in [-0.15, -0.1) is 0 Å². The van der Waals surface area contributed by atoms with Gasteiger partial charge in [-0.3, -0.25) is 9.36 Å². The number of hydrogen-bond acceptors (Lipinski definition) is 6. The summed E-state index contributed by atoms with van der Waals surface area (Å²) in [6.45, 7) is 0. The molecule has 6 nitrogen and oxygen atoms in total. The maximum Gasteiger partial charge on any atom is 0.266 e. The average Bonchev–Trinajstić information content (AvgIpc) is 3.33. The summed E-state index contributed by atoms with van der Waals surface area (Å²) in [6.07, 6.45) is 1.57. The largest absolute Gasteiger partial charge is 0.497 e. The molecule has 0 amide bonds. The minimum Gasteiger partial charge on any atom is -0.497 e. The number of hydrogen-bond donors (Lipinski definition) is 0. The summed E-state index contributed by atoms with van der Waals surface area (Å²) in [5.41, 5.74) is 1.87. The Kier molecular flexibility index (Phi) is 5.66. The molecular weight excluding hydrogens is 441 g/mol. The van der Waals surface area contributed by atoms with Crippen LogP contribution in [0.3, 0.4) is 0 Å². The topological polar surface area (TPSA) is 70.2 Å². The zero-order valence-corrected chi connectivity index (χ0v) is 18.4. The van der Waals surface area contributed by atoms with E-state index >= 15 is 0 Å². The number of fused-ring (bicyclic) bond motifs is 1. The molecule has 0 aliphatic heterocycles. The third-order valence-electron chi connectivity index (χ3n) is 5.08. The number of rotatable bonds is 6. The van der Waals surface area contributed by atoms with Gasteiger partial charge in [-0.25, -0.2) is 14.4 Å². The lowest BCUT2D eigenvalue weighted by Gasteiger charge is -2.13. The van der Waals surface area contributed by atoms with Gasteiger partial charge in [0.25, 0.3) is 5.56 Å². The molecule has 3 aromatic carbocycles. The van der Waals surface area contributed by atoms with Crippen molar-refractivity contribution < 1.29 is 13.5 Å². The highest BCUT2D eigenvalue weighted by atomic mass is 32.2. The van der Waals surface area contributed by atoms with E-state index in [2.05, 4.69) is 9.97 Å². The molecule has 33 heavy (non-hydrogen) atoms. The van der Waals surface area contributed by atoms with Crippen LogP contribution >= 0.6 is 11.8 Å². The lowest BCUT2D eigenvalue weighted by molar-refractivity contribution is 0.415. The summed E-state index contributed by atoms with van der Waals surface area (Å²) in [7, 11) is 1.61. The highest BCUT2D eigenvalue weighted by molar-refractivity contribution is 7.98. The highest BCUT2D eigenvalue weighted by Gasteiger charge is 2.17. The Balaban J connectivity index is 1.49. The molecule has 5 rings (SSSR count). The maximum absolute atomic E-state index is 14.6. The smallest absolute Gasteiger partial charge is 0.266 e. The van der Waals surface area contributed by atoms with Crippen LogP contribution in [0.15, 0.2) is 93.4 Å². The molecule has 0 radical (unpaired) electrons. The van der Waals surface area contributed by atoms with E-state index in [-0.39, 0.29) is 11.2 Å². The van der Waals surface area contributed by atoms with Crippen molar-refractivity contribution in [1.82, 2.24) is 14.5 Å². The fourth-order valence-corrected chi connectivity index (χ4v) is 4.32. The summed E-state index contributed by atoms with van der Waals surface area (Å²) in [4.78, 5) is 22.4. The molecule has 0 bridgehead atoms. The van der Waals surface area contributed by atoms with Gasteiger partial charge in [0, 0.05) is 11.3 Å². The predicted molar refractivity (Wildman–Crippen MR) is 125 cm³/mol. The molecule has 0 aliphatic rings. The number of nitrogens with zero attached hydrogens (tertiary/aromatic N) is 3. The number of aromatic nitrogens is 3. The van der Waals surface area contributed by atoms with Crippen molar-refractivity contribution in [2.45, 2.75) is 10.9 Å². The number of benzene rings is 3. The quantitative estimate of drug-likeness (QED) is 0.247. The molecule has 0 fully saturated rings. The zero-order valence-electron chi connectivity index (χ0n) is 17.6. The fourth-order valence-electron chi connectivity index (χ4n) is 3.43. The van der Waals surface area contributed by atoms with Gasteiger partial charge >= 0.3 is 0 Å². The van der Waals surface area contributed by atoms with Crippen LogP contribution in [0.5, 0.6) is 5.75 Å². The first kappa shape index (κ1) is 21.0. The van der Waals surface area contributed by atoms with Crippen molar-refractivity contribution in [3.63, 3.8) is 0 Å². The monoisotopic (exact) mass is 459 g/mol. The van der Waals surface area contributed by atoms with Crippen molar-refractivity contribution in [2.24, 2.45) is 0 Å². The SMILES string of the molecule is COc1ccc(-c2nc(CSc3nc4ccccc4c(=O)n3-c3ccccc3F)co2)cc1. The van der Waals surface area contributed by atoms with Gasteiger partial charge in [0.2, 0.25) is 5.89 Å². The van der Waals surface area contributed by atoms with Gasteiger partial charge in [0.1, 0.15) is 17.8 Å². The summed E-state index contributed by atoms with van der Waals surface area (Å²) >= 11 is 1.29. The Morgan fingerprint density at radius 2 is 1.76 bits per heavy atom. The molecule has 0 aliphatic carbocycles. The van der Waals surface area contributed by atoms with Gasteiger partial charge in [-0.1, -0.05) is 36.0 Å². The molecule has 0 saturated carbocycles. The van der Waals surface area contributed by atoms with E-state index in [1.807, 2.05) is 30.3 Å². The minimum absolute atomic E-state index is 0.155. The molecule has 164 valence electrons. The Morgan fingerprint density at radius 1 is 1.00 bits per heavy atom. The summed E-state index contributed by atoms with van der Waals surface area (Å²) in [5.74, 6) is 1.11. The van der Waals surface area contributed by atoms with Crippen LogP contribution in [0, 0.1) is 5.82 Å². The number of oxazole rings is 1. The number of halogens is 1. The van der Waals surface area contributed by atoms with Crippen LogP contribution in [0.1, 0.15) is 5.69 Å². The van der Waals surface area contributed by atoms with Gasteiger partial charge < -0.3 is 9.15 Å². The maximum atomic E-state index is 14.6. The summed E-state index contributed by atoms with van der Waals surface area (Å²) < 4.78 is 26.7. The summed E-state index contributed by atoms with van der Waals surface area (Å²) in [5, 5.41) is 0.797. The first-order chi connectivity index (χ1) is 16.1. The first-order valence-electron chi connectivity index (χ1n) is 10.1. The first-order valence-corrected chi connectivity index (χ1v) is 11.1. The molecule has 0 atom stereocenters. The highest BCUT2D eigenvalue weighted by Crippen LogP contribution is 2.27. The minimum atomic E-state index is -0.498. The molecule has 0 unspecified atom stereocenters. The summed E-state index contributed by atoms with van der Waals surface area (Å²) in [6, 6.07) is 20.6. The molecular formula is C25H18FN3O3S. The van der Waals surface area contributed by atoms with E-state index in [1.165, 1.54) is 22.4 Å². The Morgan fingerprint density at radius 3 is 2.55 bits per heavy atom. The number of ether oxygens (including phenoxy) is 1.